The van der Waals surface area contributed by atoms with Crippen molar-refractivity contribution in [1.29, 1.82) is 0 Å². The number of pyridine rings is 4. The van der Waals surface area contributed by atoms with Crippen LogP contribution in [-0.4, -0.2) is 29.9 Å². The molecule has 0 radical (unpaired) electrons. The van der Waals surface area contributed by atoms with Gasteiger partial charge in [0, 0.05) is 50.0 Å². The Morgan fingerprint density at radius 1 is 0.242 bits per heavy atom. The molecule has 5 aromatic heterocycles. The van der Waals surface area contributed by atoms with Gasteiger partial charge in [-0.25, -0.2) is 24.9 Å². The molecule has 0 saturated carbocycles. The predicted octanol–water partition coefficient (Wildman–Crippen LogP) is 13.8. The fraction of sp³-hybridized carbons (Fsp3) is 0. The first-order valence-corrected chi connectivity index (χ1v) is 20.7. The minimum absolute atomic E-state index is 0.594. The first-order chi connectivity index (χ1) is 30.6. The molecule has 0 saturated heterocycles. The molecular formula is C56H34N6. The maximum absolute atomic E-state index is 5.11. The molecule has 0 unspecified atom stereocenters. The molecule has 0 aliphatic carbocycles. The molecule has 288 valence electrons. The maximum atomic E-state index is 5.11. The van der Waals surface area contributed by atoms with Gasteiger partial charge in [-0.3, -0.25) is 4.98 Å². The summed E-state index contributed by atoms with van der Waals surface area (Å²) < 4.78 is 0. The van der Waals surface area contributed by atoms with Crippen molar-refractivity contribution in [3.63, 3.8) is 0 Å². The Bertz CT molecular complexity index is 3640. The first-order valence-electron chi connectivity index (χ1n) is 20.7. The molecule has 0 bridgehead atoms. The molecular weight excluding hydrogens is 757 g/mol. The normalized spacial score (nSPS) is 11.5. The highest BCUT2D eigenvalue weighted by Crippen LogP contribution is 2.33. The molecule has 0 aliphatic heterocycles. The predicted molar refractivity (Wildman–Crippen MR) is 253 cm³/mol. The van der Waals surface area contributed by atoms with Gasteiger partial charge in [0.1, 0.15) is 5.69 Å². The van der Waals surface area contributed by atoms with Crippen LogP contribution in [-0.2, 0) is 0 Å². The van der Waals surface area contributed by atoms with Crippen LogP contribution in [0.15, 0.2) is 206 Å². The van der Waals surface area contributed by atoms with E-state index < -0.39 is 0 Å². The summed E-state index contributed by atoms with van der Waals surface area (Å²) in [6.45, 7) is 0. The number of nitrogens with zero attached hydrogens (tertiary/aromatic N) is 6. The highest BCUT2D eigenvalue weighted by atomic mass is 14.9. The van der Waals surface area contributed by atoms with Crippen LogP contribution in [0, 0.1) is 0 Å². The average Bonchev–Trinajstić information content (AvgIpc) is 3.35. The van der Waals surface area contributed by atoms with Gasteiger partial charge >= 0.3 is 0 Å². The topological polar surface area (TPSA) is 77.3 Å². The van der Waals surface area contributed by atoms with Crippen molar-refractivity contribution in [3.8, 4) is 67.7 Å². The van der Waals surface area contributed by atoms with Crippen molar-refractivity contribution in [2.75, 3.05) is 0 Å². The summed E-state index contributed by atoms with van der Waals surface area (Å²) in [6, 6.07) is 69.3. The third-order valence-electron chi connectivity index (χ3n) is 11.7. The third kappa shape index (κ3) is 6.47. The van der Waals surface area contributed by atoms with Crippen LogP contribution in [0.2, 0.25) is 0 Å². The van der Waals surface area contributed by atoms with Gasteiger partial charge in [0.2, 0.25) is 0 Å². The molecule has 7 aromatic carbocycles. The zero-order valence-electron chi connectivity index (χ0n) is 33.3. The second kappa shape index (κ2) is 14.7. The Kier molecular flexibility index (Phi) is 8.38. The van der Waals surface area contributed by atoms with Crippen molar-refractivity contribution in [3.05, 3.63) is 206 Å². The van der Waals surface area contributed by atoms with E-state index in [1.54, 1.807) is 0 Å². The van der Waals surface area contributed by atoms with Crippen LogP contribution < -0.4 is 0 Å². The van der Waals surface area contributed by atoms with E-state index in [4.69, 9.17) is 24.9 Å². The quantitative estimate of drug-likeness (QED) is 0.156. The lowest BCUT2D eigenvalue weighted by Gasteiger charge is -2.10. The summed E-state index contributed by atoms with van der Waals surface area (Å²) in [7, 11) is 0. The Balaban J connectivity index is 0.816. The molecule has 0 N–H and O–H groups in total. The number of benzene rings is 7. The van der Waals surface area contributed by atoms with Gasteiger partial charge in [0.05, 0.1) is 44.8 Å². The van der Waals surface area contributed by atoms with E-state index in [9.17, 15) is 0 Å². The largest absolute Gasteiger partial charge is 0.254 e. The number of aromatic nitrogens is 6. The van der Waals surface area contributed by atoms with Crippen molar-refractivity contribution < 1.29 is 0 Å². The van der Waals surface area contributed by atoms with E-state index in [2.05, 4.69) is 151 Å². The summed E-state index contributed by atoms with van der Waals surface area (Å²) in [5.74, 6) is 0.594. The molecule has 62 heavy (non-hydrogen) atoms. The Morgan fingerprint density at radius 3 is 1.32 bits per heavy atom. The van der Waals surface area contributed by atoms with Gasteiger partial charge < -0.3 is 0 Å². The zero-order chi connectivity index (χ0) is 41.0. The van der Waals surface area contributed by atoms with E-state index in [1.165, 1.54) is 0 Å². The molecule has 12 rings (SSSR count). The standard InChI is InChI=1S/C56H34N6/c1-3-8-35(9-4-1)52-34-53(36-10-5-2-6-11-36)62-56(61-52)51-28-23-46-33-42(21-26-49(46)59-51)41-20-25-47-45(32-41)22-27-48(58-47)43-17-15-40-31-44(18-16-39(40)30-43)50-24-19-38-14-13-37-12-7-29-57-54(37)55(38)60-50/h1-34H. The van der Waals surface area contributed by atoms with Crippen LogP contribution in [0.1, 0.15) is 0 Å². The van der Waals surface area contributed by atoms with E-state index >= 15 is 0 Å². The lowest BCUT2D eigenvalue weighted by atomic mass is 9.99. The van der Waals surface area contributed by atoms with Gasteiger partial charge in [-0.05, 0) is 88.6 Å². The maximum Gasteiger partial charge on any atom is 0.179 e. The summed E-state index contributed by atoms with van der Waals surface area (Å²) in [4.78, 5) is 29.8. The monoisotopic (exact) mass is 790 g/mol. The number of hydrogen-bond acceptors (Lipinski definition) is 6. The van der Waals surface area contributed by atoms with Crippen LogP contribution in [0.4, 0.5) is 0 Å². The fourth-order valence-corrected chi connectivity index (χ4v) is 8.42. The van der Waals surface area contributed by atoms with Gasteiger partial charge in [0.25, 0.3) is 0 Å². The van der Waals surface area contributed by atoms with Crippen LogP contribution in [0.5, 0.6) is 0 Å². The van der Waals surface area contributed by atoms with Gasteiger partial charge in [-0.2, -0.15) is 0 Å². The molecule has 0 fully saturated rings. The van der Waals surface area contributed by atoms with Crippen molar-refractivity contribution >= 4 is 54.4 Å². The van der Waals surface area contributed by atoms with E-state index in [0.717, 1.165) is 116 Å². The Morgan fingerprint density at radius 2 is 0.710 bits per heavy atom. The second-order valence-corrected chi connectivity index (χ2v) is 15.6. The van der Waals surface area contributed by atoms with Crippen LogP contribution in [0.25, 0.3) is 122 Å². The van der Waals surface area contributed by atoms with E-state index in [-0.39, 0.29) is 0 Å². The van der Waals surface area contributed by atoms with E-state index in [0.29, 0.717) is 5.82 Å². The Labute approximate surface area is 357 Å². The van der Waals surface area contributed by atoms with Crippen LogP contribution in [0.3, 0.4) is 0 Å². The van der Waals surface area contributed by atoms with Crippen molar-refractivity contribution in [2.45, 2.75) is 0 Å². The van der Waals surface area contributed by atoms with Gasteiger partial charge in [-0.1, -0.05) is 133 Å². The molecule has 0 spiro atoms. The molecule has 0 amide bonds. The minimum atomic E-state index is 0.594. The van der Waals surface area contributed by atoms with Crippen molar-refractivity contribution in [2.24, 2.45) is 0 Å². The van der Waals surface area contributed by atoms with Crippen LogP contribution >= 0.6 is 0 Å². The molecule has 6 heteroatoms. The molecule has 12 aromatic rings. The van der Waals surface area contributed by atoms with E-state index in [1.807, 2.05) is 60.8 Å². The third-order valence-corrected chi connectivity index (χ3v) is 11.7. The molecule has 6 nitrogen and oxygen atoms in total. The minimum Gasteiger partial charge on any atom is -0.254 e. The summed E-state index contributed by atoms with van der Waals surface area (Å²) in [5.41, 5.74) is 14.5. The lowest BCUT2D eigenvalue weighted by Crippen LogP contribution is -1.97. The number of fused-ring (bicyclic) bond motifs is 6. The highest BCUT2D eigenvalue weighted by molar-refractivity contribution is 6.03. The smallest absolute Gasteiger partial charge is 0.179 e. The molecule has 5 heterocycles. The first kappa shape index (κ1) is 35.5. The Hall–Kier alpha value is -8.48. The van der Waals surface area contributed by atoms with Gasteiger partial charge in [-0.15, -0.1) is 0 Å². The summed E-state index contributed by atoms with van der Waals surface area (Å²) >= 11 is 0. The fourth-order valence-electron chi connectivity index (χ4n) is 8.42. The molecule has 0 aliphatic rings. The van der Waals surface area contributed by atoms with Gasteiger partial charge in [0.15, 0.2) is 5.82 Å². The zero-order valence-corrected chi connectivity index (χ0v) is 33.3. The summed E-state index contributed by atoms with van der Waals surface area (Å²) in [6.07, 6.45) is 1.83. The average molecular weight is 791 g/mol. The molecule has 0 atom stereocenters. The van der Waals surface area contributed by atoms with Crippen molar-refractivity contribution in [1.82, 2.24) is 29.9 Å². The number of hydrogen-bond donors (Lipinski definition) is 0. The second-order valence-electron chi connectivity index (χ2n) is 15.6. The number of rotatable bonds is 6. The SMILES string of the molecule is c1ccc(-c2cc(-c3ccccc3)nc(-c3ccc4cc(-c5ccc6nc(-c7ccc8cc(-c9ccc%10ccc%11cccnc%11c%10n9)ccc8c7)ccc6c5)ccc4n3)n2)cc1. The highest BCUT2D eigenvalue weighted by Gasteiger charge is 2.14. The lowest BCUT2D eigenvalue weighted by molar-refractivity contribution is 1.16. The summed E-state index contributed by atoms with van der Waals surface area (Å²) in [5, 5.41) is 6.61.